The first-order valence-electron chi connectivity index (χ1n) is 8.17. The average Bonchev–Trinajstić information content (AvgIpc) is 2.61. The van der Waals surface area contributed by atoms with Gasteiger partial charge < -0.3 is 15.4 Å². The van der Waals surface area contributed by atoms with Crippen LogP contribution in [0.2, 0.25) is 5.02 Å². The summed E-state index contributed by atoms with van der Waals surface area (Å²) in [6.07, 6.45) is 0. The van der Waals surface area contributed by atoms with Gasteiger partial charge in [-0.05, 0) is 48.6 Å². The molecule has 0 heterocycles. The number of anilines is 2. The summed E-state index contributed by atoms with van der Waals surface area (Å²) < 4.78 is 5.17. The summed E-state index contributed by atoms with van der Waals surface area (Å²) in [5.41, 5.74) is 1.52. The summed E-state index contributed by atoms with van der Waals surface area (Å²) in [7, 11) is 1.47. The number of rotatable bonds is 5. The Bertz CT molecular complexity index is 871. The van der Waals surface area contributed by atoms with Crippen molar-refractivity contribution in [2.75, 3.05) is 17.7 Å². The first-order chi connectivity index (χ1) is 12.8. The molecule has 0 saturated carbocycles. The van der Waals surface area contributed by atoms with Crippen LogP contribution in [0.5, 0.6) is 5.75 Å². The predicted octanol–water partition coefficient (Wildman–Crippen LogP) is 4.07. The Balaban J connectivity index is 2.05. The number of carbonyl (C=O) groups excluding carboxylic acids is 2. The summed E-state index contributed by atoms with van der Waals surface area (Å²) >= 11 is 11.1. The van der Waals surface area contributed by atoms with Gasteiger partial charge in [-0.15, -0.1) is 0 Å². The SMILES string of the molecule is COc1ccc(Cl)cc1C(=O)NC(=S)Nc1cccc(NC(=O)C(C)C)c1. The molecule has 0 aliphatic carbocycles. The maximum atomic E-state index is 12.4. The summed E-state index contributed by atoms with van der Waals surface area (Å²) in [4.78, 5) is 24.2. The molecular formula is C19H20ClN3O3S. The van der Waals surface area contributed by atoms with Gasteiger partial charge in [0.1, 0.15) is 5.75 Å². The van der Waals surface area contributed by atoms with E-state index in [-0.39, 0.29) is 22.5 Å². The van der Waals surface area contributed by atoms with E-state index in [9.17, 15) is 9.59 Å². The van der Waals surface area contributed by atoms with E-state index in [2.05, 4.69) is 16.0 Å². The van der Waals surface area contributed by atoms with E-state index in [1.54, 1.807) is 36.4 Å². The number of hydrogen-bond acceptors (Lipinski definition) is 4. The van der Waals surface area contributed by atoms with Crippen molar-refractivity contribution in [2.45, 2.75) is 13.8 Å². The molecule has 8 heteroatoms. The van der Waals surface area contributed by atoms with Crippen molar-refractivity contribution < 1.29 is 14.3 Å². The van der Waals surface area contributed by atoms with E-state index in [4.69, 9.17) is 28.6 Å². The molecule has 2 aromatic carbocycles. The lowest BCUT2D eigenvalue weighted by atomic mass is 10.2. The molecule has 0 radical (unpaired) electrons. The lowest BCUT2D eigenvalue weighted by molar-refractivity contribution is -0.118. The van der Waals surface area contributed by atoms with Gasteiger partial charge in [-0.25, -0.2) is 0 Å². The Labute approximate surface area is 168 Å². The maximum Gasteiger partial charge on any atom is 0.261 e. The minimum atomic E-state index is -0.448. The van der Waals surface area contributed by atoms with Crippen LogP contribution in [0.3, 0.4) is 0 Å². The number of benzene rings is 2. The van der Waals surface area contributed by atoms with Gasteiger partial charge in [0.15, 0.2) is 5.11 Å². The van der Waals surface area contributed by atoms with E-state index in [1.165, 1.54) is 13.2 Å². The molecule has 142 valence electrons. The van der Waals surface area contributed by atoms with Crippen LogP contribution in [0.4, 0.5) is 11.4 Å². The van der Waals surface area contributed by atoms with E-state index >= 15 is 0 Å². The lowest BCUT2D eigenvalue weighted by Crippen LogP contribution is -2.34. The van der Waals surface area contributed by atoms with Crippen LogP contribution in [0.15, 0.2) is 42.5 Å². The van der Waals surface area contributed by atoms with Gasteiger partial charge in [-0.3, -0.25) is 14.9 Å². The molecule has 3 N–H and O–H groups in total. The van der Waals surface area contributed by atoms with Gasteiger partial charge in [0.05, 0.1) is 12.7 Å². The number of thiocarbonyl (C=S) groups is 1. The third kappa shape index (κ3) is 5.94. The number of hydrogen-bond donors (Lipinski definition) is 3. The summed E-state index contributed by atoms with van der Waals surface area (Å²) in [6, 6.07) is 11.8. The van der Waals surface area contributed by atoms with E-state index in [0.29, 0.717) is 22.1 Å². The van der Waals surface area contributed by atoms with Crippen LogP contribution in [0.25, 0.3) is 0 Å². The molecule has 2 amide bonds. The van der Waals surface area contributed by atoms with Crippen LogP contribution >= 0.6 is 23.8 Å². The fourth-order valence-corrected chi connectivity index (χ4v) is 2.53. The zero-order valence-corrected chi connectivity index (χ0v) is 16.7. The molecule has 0 bridgehead atoms. The number of nitrogens with one attached hydrogen (secondary N) is 3. The second-order valence-corrected chi connectivity index (χ2v) is 6.82. The third-order valence-electron chi connectivity index (χ3n) is 3.55. The zero-order valence-electron chi connectivity index (χ0n) is 15.1. The Morgan fingerprint density at radius 1 is 1.07 bits per heavy atom. The second-order valence-electron chi connectivity index (χ2n) is 5.98. The molecular weight excluding hydrogens is 386 g/mol. The summed E-state index contributed by atoms with van der Waals surface area (Å²) in [5, 5.41) is 8.81. The fraction of sp³-hybridized carbons (Fsp3) is 0.211. The van der Waals surface area contributed by atoms with Crippen molar-refractivity contribution in [3.05, 3.63) is 53.1 Å². The Kier molecular flexibility index (Phi) is 7.15. The first-order valence-corrected chi connectivity index (χ1v) is 8.95. The van der Waals surface area contributed by atoms with Crippen LogP contribution in [-0.2, 0) is 4.79 Å². The topological polar surface area (TPSA) is 79.5 Å². The molecule has 6 nitrogen and oxygen atoms in total. The molecule has 0 spiro atoms. The van der Waals surface area contributed by atoms with E-state index < -0.39 is 5.91 Å². The van der Waals surface area contributed by atoms with Crippen molar-refractivity contribution >= 4 is 52.1 Å². The van der Waals surface area contributed by atoms with Crippen LogP contribution in [-0.4, -0.2) is 24.0 Å². The molecule has 27 heavy (non-hydrogen) atoms. The van der Waals surface area contributed by atoms with Gasteiger partial charge in [0.2, 0.25) is 5.91 Å². The first kappa shape index (κ1) is 20.7. The molecule has 0 fully saturated rings. The smallest absolute Gasteiger partial charge is 0.261 e. The minimum absolute atomic E-state index is 0.0870. The van der Waals surface area contributed by atoms with Gasteiger partial charge in [-0.2, -0.15) is 0 Å². The van der Waals surface area contributed by atoms with Gasteiger partial charge >= 0.3 is 0 Å². The molecule has 0 aliphatic heterocycles. The van der Waals surface area contributed by atoms with Crippen molar-refractivity contribution in [1.82, 2.24) is 5.32 Å². The normalized spacial score (nSPS) is 10.3. The summed E-state index contributed by atoms with van der Waals surface area (Å²) in [6.45, 7) is 3.62. The van der Waals surface area contributed by atoms with E-state index in [0.717, 1.165) is 0 Å². The highest BCUT2D eigenvalue weighted by atomic mass is 35.5. The largest absolute Gasteiger partial charge is 0.496 e. The quantitative estimate of drug-likeness (QED) is 0.653. The third-order valence-corrected chi connectivity index (χ3v) is 3.98. The molecule has 2 aromatic rings. The number of amides is 2. The molecule has 0 unspecified atom stereocenters. The Morgan fingerprint density at radius 3 is 2.37 bits per heavy atom. The Hall–Kier alpha value is -2.64. The van der Waals surface area contributed by atoms with Crippen LogP contribution in [0.1, 0.15) is 24.2 Å². The molecule has 0 aliphatic rings. The van der Waals surface area contributed by atoms with E-state index in [1.807, 2.05) is 13.8 Å². The second kappa shape index (κ2) is 9.34. The minimum Gasteiger partial charge on any atom is -0.496 e. The number of ether oxygens (including phenoxy) is 1. The van der Waals surface area contributed by atoms with Crippen molar-refractivity contribution in [3.8, 4) is 5.75 Å². The van der Waals surface area contributed by atoms with Gasteiger partial charge in [-0.1, -0.05) is 31.5 Å². The lowest BCUT2D eigenvalue weighted by Gasteiger charge is -2.13. The van der Waals surface area contributed by atoms with Crippen molar-refractivity contribution in [3.63, 3.8) is 0 Å². The molecule has 0 atom stereocenters. The maximum absolute atomic E-state index is 12.4. The number of carbonyl (C=O) groups is 2. The number of methoxy groups -OCH3 is 1. The fourth-order valence-electron chi connectivity index (χ4n) is 2.15. The van der Waals surface area contributed by atoms with Crippen LogP contribution in [0, 0.1) is 5.92 Å². The number of halogens is 1. The van der Waals surface area contributed by atoms with Crippen molar-refractivity contribution in [1.29, 1.82) is 0 Å². The summed E-state index contributed by atoms with van der Waals surface area (Å²) in [5.74, 6) is -0.278. The highest BCUT2D eigenvalue weighted by molar-refractivity contribution is 7.80. The highest BCUT2D eigenvalue weighted by Crippen LogP contribution is 2.22. The average molecular weight is 406 g/mol. The molecule has 0 aromatic heterocycles. The van der Waals surface area contributed by atoms with Crippen molar-refractivity contribution in [2.24, 2.45) is 5.92 Å². The molecule has 2 rings (SSSR count). The zero-order chi connectivity index (χ0) is 20.0. The standard InChI is InChI=1S/C19H20ClN3O3S/c1-11(2)17(24)21-13-5-4-6-14(10-13)22-19(27)23-18(25)15-9-12(20)7-8-16(15)26-3/h4-11H,1-3H3,(H,21,24)(H2,22,23,25,27). The predicted molar refractivity (Wildman–Crippen MR) is 112 cm³/mol. The monoisotopic (exact) mass is 405 g/mol. The Morgan fingerprint density at radius 2 is 1.74 bits per heavy atom. The van der Waals surface area contributed by atoms with Gasteiger partial charge in [0, 0.05) is 22.3 Å². The highest BCUT2D eigenvalue weighted by Gasteiger charge is 2.14. The molecule has 0 saturated heterocycles. The van der Waals surface area contributed by atoms with Gasteiger partial charge in [0.25, 0.3) is 5.91 Å². The van der Waals surface area contributed by atoms with Crippen LogP contribution < -0.4 is 20.7 Å².